The number of nitrogens with one attached hydrogen (secondary N) is 3. The molecule has 0 atom stereocenters. The maximum Gasteiger partial charge on any atom is 0.191 e. The molecule has 28 heavy (non-hydrogen) atoms. The molecule has 0 spiro atoms. The van der Waals surface area contributed by atoms with Crippen molar-refractivity contribution < 1.29 is 0 Å². The van der Waals surface area contributed by atoms with Gasteiger partial charge in [0.1, 0.15) is 0 Å². The molecule has 0 unspecified atom stereocenters. The van der Waals surface area contributed by atoms with Crippen LogP contribution in [0, 0.1) is 0 Å². The smallest absolute Gasteiger partial charge is 0.191 e. The second-order valence-corrected chi connectivity index (χ2v) is 7.02. The highest BCUT2D eigenvalue weighted by Gasteiger charge is 2.04. The Kier molecular flexibility index (Phi) is 8.79. The minimum absolute atomic E-state index is 0. The van der Waals surface area contributed by atoms with Crippen molar-refractivity contribution in [3.8, 4) is 0 Å². The molecule has 150 valence electrons. The van der Waals surface area contributed by atoms with Crippen molar-refractivity contribution >= 4 is 40.8 Å². The zero-order valence-corrected chi connectivity index (χ0v) is 19.2. The van der Waals surface area contributed by atoms with Crippen LogP contribution < -0.4 is 10.6 Å². The van der Waals surface area contributed by atoms with Crippen LogP contribution in [0.25, 0.3) is 10.9 Å². The summed E-state index contributed by atoms with van der Waals surface area (Å²) in [4.78, 5) is 9.82. The monoisotopic (exact) mass is 491 g/mol. The SMILES string of the molecule is CN=C(NCCc1c[nH]c2ccccc12)NCc1ccc(CN(C)C)cc1.I. The minimum atomic E-state index is 0. The Hall–Kier alpha value is -2.06. The lowest BCUT2D eigenvalue weighted by Gasteiger charge is -2.13. The number of nitrogens with zero attached hydrogens (tertiary/aromatic N) is 2. The maximum absolute atomic E-state index is 4.32. The van der Waals surface area contributed by atoms with Gasteiger partial charge in [0.25, 0.3) is 0 Å². The predicted octanol–water partition coefficient (Wildman–Crippen LogP) is 3.76. The zero-order chi connectivity index (χ0) is 19.1. The van der Waals surface area contributed by atoms with Crippen LogP contribution in [-0.2, 0) is 19.5 Å². The zero-order valence-electron chi connectivity index (χ0n) is 16.8. The van der Waals surface area contributed by atoms with E-state index >= 15 is 0 Å². The fraction of sp³-hybridized carbons (Fsp3) is 0.318. The first-order valence-electron chi connectivity index (χ1n) is 9.38. The lowest BCUT2D eigenvalue weighted by atomic mass is 10.1. The molecule has 5 nitrogen and oxygen atoms in total. The molecule has 3 rings (SSSR count). The molecule has 0 aliphatic carbocycles. The molecule has 0 radical (unpaired) electrons. The summed E-state index contributed by atoms with van der Waals surface area (Å²) >= 11 is 0. The van der Waals surface area contributed by atoms with Gasteiger partial charge in [-0.3, -0.25) is 4.99 Å². The molecule has 0 aliphatic heterocycles. The third kappa shape index (κ3) is 6.24. The van der Waals surface area contributed by atoms with E-state index in [4.69, 9.17) is 0 Å². The Morgan fingerprint density at radius 1 is 1.00 bits per heavy atom. The quantitative estimate of drug-likeness (QED) is 0.268. The molecule has 3 N–H and O–H groups in total. The van der Waals surface area contributed by atoms with Gasteiger partial charge in [0.05, 0.1) is 0 Å². The molecule has 6 heteroatoms. The average molecular weight is 491 g/mol. The highest BCUT2D eigenvalue weighted by molar-refractivity contribution is 14.0. The van der Waals surface area contributed by atoms with Crippen LogP contribution in [0.2, 0.25) is 0 Å². The van der Waals surface area contributed by atoms with E-state index < -0.39 is 0 Å². The van der Waals surface area contributed by atoms with E-state index in [2.05, 4.69) is 94.3 Å². The van der Waals surface area contributed by atoms with Crippen LogP contribution in [0.15, 0.2) is 59.7 Å². The first-order valence-corrected chi connectivity index (χ1v) is 9.38. The van der Waals surface area contributed by atoms with Gasteiger partial charge in [-0.1, -0.05) is 42.5 Å². The van der Waals surface area contributed by atoms with E-state index in [-0.39, 0.29) is 24.0 Å². The van der Waals surface area contributed by atoms with Crippen molar-refractivity contribution in [3.05, 3.63) is 71.4 Å². The lowest BCUT2D eigenvalue weighted by molar-refractivity contribution is 0.402. The Bertz CT molecular complexity index is 883. The molecular weight excluding hydrogens is 461 g/mol. The fourth-order valence-electron chi connectivity index (χ4n) is 3.19. The highest BCUT2D eigenvalue weighted by Crippen LogP contribution is 2.17. The number of para-hydroxylation sites is 1. The van der Waals surface area contributed by atoms with Gasteiger partial charge >= 0.3 is 0 Å². The highest BCUT2D eigenvalue weighted by atomic mass is 127. The number of halogens is 1. The summed E-state index contributed by atoms with van der Waals surface area (Å²) in [7, 11) is 5.98. The average Bonchev–Trinajstić information content (AvgIpc) is 3.08. The lowest BCUT2D eigenvalue weighted by Crippen LogP contribution is -2.37. The van der Waals surface area contributed by atoms with E-state index in [1.165, 1.54) is 27.6 Å². The molecule has 2 aromatic carbocycles. The van der Waals surface area contributed by atoms with Crippen LogP contribution >= 0.6 is 24.0 Å². The standard InChI is InChI=1S/C22H29N5.HI/c1-23-22(26-14-17-8-10-18(11-9-17)16-27(2)3)24-13-12-19-15-25-21-7-5-4-6-20(19)21;/h4-11,15,25H,12-14,16H2,1-3H3,(H2,23,24,26);1H. The van der Waals surface area contributed by atoms with Crippen molar-refractivity contribution in [3.63, 3.8) is 0 Å². The molecule has 0 saturated heterocycles. The van der Waals surface area contributed by atoms with Crippen LogP contribution in [0.3, 0.4) is 0 Å². The van der Waals surface area contributed by atoms with Gasteiger partial charge in [-0.2, -0.15) is 0 Å². The van der Waals surface area contributed by atoms with Gasteiger partial charge in [-0.15, -0.1) is 24.0 Å². The number of guanidine groups is 1. The molecule has 0 amide bonds. The number of benzene rings is 2. The topological polar surface area (TPSA) is 55.5 Å². The Morgan fingerprint density at radius 3 is 2.43 bits per heavy atom. The van der Waals surface area contributed by atoms with Gasteiger partial charge in [-0.05, 0) is 43.3 Å². The number of aromatic amines is 1. The number of rotatable bonds is 7. The predicted molar refractivity (Wildman–Crippen MR) is 129 cm³/mol. The molecule has 3 aromatic rings. The summed E-state index contributed by atoms with van der Waals surface area (Å²) < 4.78 is 0. The van der Waals surface area contributed by atoms with E-state index in [9.17, 15) is 0 Å². The number of aromatic nitrogens is 1. The van der Waals surface area contributed by atoms with E-state index in [1.807, 2.05) is 0 Å². The number of aliphatic imine (C=N–C) groups is 1. The van der Waals surface area contributed by atoms with Gasteiger partial charge in [-0.25, -0.2) is 0 Å². The van der Waals surface area contributed by atoms with E-state index in [0.717, 1.165) is 32.0 Å². The first-order chi connectivity index (χ1) is 13.2. The Morgan fingerprint density at radius 2 is 1.71 bits per heavy atom. The molecule has 1 aromatic heterocycles. The Labute approximate surface area is 184 Å². The normalized spacial score (nSPS) is 11.5. The minimum Gasteiger partial charge on any atom is -0.361 e. The van der Waals surface area contributed by atoms with E-state index in [0.29, 0.717) is 0 Å². The maximum atomic E-state index is 4.32. The van der Waals surface area contributed by atoms with Crippen molar-refractivity contribution in [2.75, 3.05) is 27.7 Å². The summed E-state index contributed by atoms with van der Waals surface area (Å²) in [6, 6.07) is 17.1. The fourth-order valence-corrected chi connectivity index (χ4v) is 3.19. The largest absolute Gasteiger partial charge is 0.361 e. The molecule has 0 fully saturated rings. The first kappa shape index (κ1) is 22.2. The van der Waals surface area contributed by atoms with Gasteiger partial charge in [0.2, 0.25) is 0 Å². The molecule has 1 heterocycles. The summed E-state index contributed by atoms with van der Waals surface area (Å²) in [6.45, 7) is 2.56. The van der Waals surface area contributed by atoms with Gasteiger partial charge in [0.15, 0.2) is 5.96 Å². The van der Waals surface area contributed by atoms with Crippen molar-refractivity contribution in [1.29, 1.82) is 0 Å². The number of hydrogen-bond donors (Lipinski definition) is 3. The van der Waals surface area contributed by atoms with E-state index in [1.54, 1.807) is 7.05 Å². The Balaban J connectivity index is 0.00000280. The van der Waals surface area contributed by atoms with Gasteiger partial charge < -0.3 is 20.5 Å². The second kappa shape index (κ2) is 11.1. The van der Waals surface area contributed by atoms with Crippen molar-refractivity contribution in [2.24, 2.45) is 4.99 Å². The van der Waals surface area contributed by atoms with Crippen molar-refractivity contribution in [1.82, 2.24) is 20.5 Å². The molecule has 0 saturated carbocycles. The molecular formula is C22H30IN5. The third-order valence-corrected chi connectivity index (χ3v) is 4.57. The van der Waals surface area contributed by atoms with Crippen LogP contribution in [0.5, 0.6) is 0 Å². The number of H-pyrrole nitrogens is 1. The number of fused-ring (bicyclic) bond motifs is 1. The van der Waals surface area contributed by atoms with Gasteiger partial charge in [0, 0.05) is 43.8 Å². The summed E-state index contributed by atoms with van der Waals surface area (Å²) in [6.07, 6.45) is 3.04. The van der Waals surface area contributed by atoms with Crippen LogP contribution in [0.4, 0.5) is 0 Å². The number of hydrogen-bond acceptors (Lipinski definition) is 2. The third-order valence-electron chi connectivity index (χ3n) is 4.57. The summed E-state index contributed by atoms with van der Waals surface area (Å²) in [5.41, 5.74) is 5.08. The van der Waals surface area contributed by atoms with Crippen LogP contribution in [-0.4, -0.2) is 43.5 Å². The van der Waals surface area contributed by atoms with Crippen LogP contribution in [0.1, 0.15) is 16.7 Å². The second-order valence-electron chi connectivity index (χ2n) is 7.02. The molecule has 0 bridgehead atoms. The van der Waals surface area contributed by atoms with Crippen molar-refractivity contribution in [2.45, 2.75) is 19.5 Å². The summed E-state index contributed by atoms with van der Waals surface area (Å²) in [5, 5.41) is 8.07. The summed E-state index contributed by atoms with van der Waals surface area (Å²) in [5.74, 6) is 0.826. The molecule has 0 aliphatic rings.